The van der Waals surface area contributed by atoms with E-state index in [1.165, 1.54) is 0 Å². The average molecular weight is 224 g/mol. The van der Waals surface area contributed by atoms with E-state index in [4.69, 9.17) is 9.15 Å². The highest BCUT2D eigenvalue weighted by Crippen LogP contribution is 2.23. The van der Waals surface area contributed by atoms with Crippen molar-refractivity contribution < 1.29 is 13.9 Å². The van der Waals surface area contributed by atoms with Gasteiger partial charge in [-0.25, -0.2) is 4.98 Å². The molecule has 0 radical (unpaired) electrons. The van der Waals surface area contributed by atoms with E-state index < -0.39 is 0 Å². The minimum Gasteiger partial charge on any atom is -0.464 e. The van der Waals surface area contributed by atoms with Gasteiger partial charge < -0.3 is 14.1 Å². The molecule has 0 aromatic carbocycles. The van der Waals surface area contributed by atoms with Gasteiger partial charge >= 0.3 is 5.95 Å². The second-order valence-electron chi connectivity index (χ2n) is 3.80. The first-order valence-corrected chi connectivity index (χ1v) is 5.62. The van der Waals surface area contributed by atoms with Gasteiger partial charge in [-0.3, -0.25) is 4.79 Å². The summed E-state index contributed by atoms with van der Waals surface area (Å²) in [6.07, 6.45) is 2.12. The van der Waals surface area contributed by atoms with Crippen molar-refractivity contribution in [1.29, 1.82) is 0 Å². The Morgan fingerprint density at radius 2 is 2.19 bits per heavy atom. The van der Waals surface area contributed by atoms with Crippen LogP contribution in [-0.4, -0.2) is 35.5 Å². The van der Waals surface area contributed by atoms with Crippen molar-refractivity contribution in [2.45, 2.75) is 26.7 Å². The predicted molar refractivity (Wildman–Crippen MR) is 57.5 cm³/mol. The standard InChI is InChI=1S/C11H16N2O3/c1-3-15-11-9(12-8(2)16-11)10(14)13-6-4-5-7-13/h3-7H2,1-2H3. The molecule has 5 nitrogen and oxygen atoms in total. The Labute approximate surface area is 94.4 Å². The highest BCUT2D eigenvalue weighted by Gasteiger charge is 2.26. The predicted octanol–water partition coefficient (Wildman–Crippen LogP) is 1.62. The fourth-order valence-electron chi connectivity index (χ4n) is 1.84. The van der Waals surface area contributed by atoms with Crippen LogP contribution in [0.1, 0.15) is 36.1 Å². The van der Waals surface area contributed by atoms with E-state index in [1.54, 1.807) is 11.8 Å². The van der Waals surface area contributed by atoms with Crippen LogP contribution in [0.25, 0.3) is 0 Å². The number of ether oxygens (including phenoxy) is 1. The summed E-state index contributed by atoms with van der Waals surface area (Å²) >= 11 is 0. The molecule has 2 rings (SSSR count). The third-order valence-electron chi connectivity index (χ3n) is 2.57. The molecule has 5 heteroatoms. The first-order valence-electron chi connectivity index (χ1n) is 5.62. The fraction of sp³-hybridized carbons (Fsp3) is 0.636. The third kappa shape index (κ3) is 2.03. The molecule has 0 atom stereocenters. The largest absolute Gasteiger partial charge is 0.464 e. The maximum Gasteiger partial charge on any atom is 0.318 e. The minimum absolute atomic E-state index is 0.0854. The number of carbonyl (C=O) groups excluding carboxylic acids is 1. The smallest absolute Gasteiger partial charge is 0.318 e. The molecule has 2 heterocycles. The van der Waals surface area contributed by atoms with Gasteiger partial charge in [-0.05, 0) is 19.8 Å². The second kappa shape index (κ2) is 4.55. The number of aromatic nitrogens is 1. The van der Waals surface area contributed by atoms with Gasteiger partial charge in [0.15, 0.2) is 5.89 Å². The summed E-state index contributed by atoms with van der Waals surface area (Å²) in [5.41, 5.74) is 0.307. The number of carbonyl (C=O) groups is 1. The number of hydrogen-bond donors (Lipinski definition) is 0. The molecule has 1 fully saturated rings. The molecule has 1 aromatic heterocycles. The van der Waals surface area contributed by atoms with Crippen molar-refractivity contribution in [3.05, 3.63) is 11.6 Å². The van der Waals surface area contributed by atoms with E-state index in [0.717, 1.165) is 25.9 Å². The lowest BCUT2D eigenvalue weighted by Crippen LogP contribution is -2.28. The molecule has 16 heavy (non-hydrogen) atoms. The summed E-state index contributed by atoms with van der Waals surface area (Å²) in [6, 6.07) is 0. The molecule has 1 saturated heterocycles. The van der Waals surface area contributed by atoms with Gasteiger partial charge in [-0.2, -0.15) is 0 Å². The number of likely N-dealkylation sites (tertiary alicyclic amines) is 1. The molecule has 0 N–H and O–H groups in total. The van der Waals surface area contributed by atoms with Crippen molar-refractivity contribution in [3.8, 4) is 5.95 Å². The summed E-state index contributed by atoms with van der Waals surface area (Å²) in [4.78, 5) is 18.0. The average Bonchev–Trinajstić information content (AvgIpc) is 2.87. The number of aryl methyl sites for hydroxylation is 1. The number of rotatable bonds is 3. The van der Waals surface area contributed by atoms with Gasteiger partial charge in [-0.15, -0.1) is 0 Å². The Kier molecular flexibility index (Phi) is 3.12. The zero-order valence-electron chi connectivity index (χ0n) is 9.65. The lowest BCUT2D eigenvalue weighted by atomic mass is 10.4. The molecular weight excluding hydrogens is 208 g/mol. The van der Waals surface area contributed by atoms with Crippen molar-refractivity contribution in [3.63, 3.8) is 0 Å². The van der Waals surface area contributed by atoms with Gasteiger partial charge in [0.25, 0.3) is 5.91 Å². The van der Waals surface area contributed by atoms with Crippen LogP contribution in [0, 0.1) is 6.92 Å². The molecule has 1 amide bonds. The Morgan fingerprint density at radius 1 is 1.50 bits per heavy atom. The number of amides is 1. The summed E-state index contributed by atoms with van der Waals surface area (Å²) < 4.78 is 10.5. The Morgan fingerprint density at radius 3 is 2.81 bits per heavy atom. The highest BCUT2D eigenvalue weighted by atomic mass is 16.6. The molecule has 1 aliphatic rings. The minimum atomic E-state index is -0.0854. The maximum absolute atomic E-state index is 12.1. The highest BCUT2D eigenvalue weighted by molar-refractivity contribution is 5.94. The second-order valence-corrected chi connectivity index (χ2v) is 3.80. The SMILES string of the molecule is CCOc1oc(C)nc1C(=O)N1CCCC1. The van der Waals surface area contributed by atoms with Crippen LogP contribution in [0.3, 0.4) is 0 Å². The van der Waals surface area contributed by atoms with Crippen molar-refractivity contribution in [2.24, 2.45) is 0 Å². The lowest BCUT2D eigenvalue weighted by Gasteiger charge is -2.13. The van der Waals surface area contributed by atoms with Gasteiger partial charge in [0.05, 0.1) is 6.61 Å². The van der Waals surface area contributed by atoms with Crippen LogP contribution in [0.5, 0.6) is 5.95 Å². The summed E-state index contributed by atoms with van der Waals surface area (Å²) in [6.45, 7) is 5.63. The fourth-order valence-corrected chi connectivity index (χ4v) is 1.84. The van der Waals surface area contributed by atoms with Crippen molar-refractivity contribution in [1.82, 2.24) is 9.88 Å². The van der Waals surface area contributed by atoms with E-state index >= 15 is 0 Å². The molecule has 88 valence electrons. The summed E-state index contributed by atoms with van der Waals surface area (Å²) in [5.74, 6) is 0.626. The monoisotopic (exact) mass is 224 g/mol. The third-order valence-corrected chi connectivity index (χ3v) is 2.57. The Hall–Kier alpha value is -1.52. The number of hydrogen-bond acceptors (Lipinski definition) is 4. The lowest BCUT2D eigenvalue weighted by molar-refractivity contribution is 0.0780. The van der Waals surface area contributed by atoms with E-state index in [9.17, 15) is 4.79 Å². The molecule has 0 aliphatic carbocycles. The van der Waals surface area contributed by atoms with Crippen LogP contribution >= 0.6 is 0 Å². The van der Waals surface area contributed by atoms with Gasteiger partial charge in [0.1, 0.15) is 0 Å². The molecule has 1 aliphatic heterocycles. The maximum atomic E-state index is 12.1. The van der Waals surface area contributed by atoms with E-state index in [1.807, 2.05) is 6.92 Å². The van der Waals surface area contributed by atoms with Crippen LogP contribution in [0.15, 0.2) is 4.42 Å². The summed E-state index contributed by atoms with van der Waals surface area (Å²) in [5, 5.41) is 0. The first-order chi connectivity index (χ1) is 7.72. The van der Waals surface area contributed by atoms with Gasteiger partial charge in [0, 0.05) is 20.0 Å². The molecule has 1 aromatic rings. The Bertz CT molecular complexity index is 381. The topological polar surface area (TPSA) is 55.6 Å². The van der Waals surface area contributed by atoms with E-state index in [-0.39, 0.29) is 11.9 Å². The van der Waals surface area contributed by atoms with Crippen molar-refractivity contribution >= 4 is 5.91 Å². The number of nitrogens with zero attached hydrogens (tertiary/aromatic N) is 2. The molecule has 0 bridgehead atoms. The Balaban J connectivity index is 2.20. The number of oxazole rings is 1. The quantitative estimate of drug-likeness (QED) is 0.782. The molecule has 0 spiro atoms. The van der Waals surface area contributed by atoms with E-state index in [0.29, 0.717) is 18.2 Å². The normalized spacial score (nSPS) is 15.5. The zero-order valence-corrected chi connectivity index (χ0v) is 9.65. The van der Waals surface area contributed by atoms with Crippen LogP contribution in [-0.2, 0) is 0 Å². The molecular formula is C11H16N2O3. The van der Waals surface area contributed by atoms with E-state index in [2.05, 4.69) is 4.98 Å². The molecule has 0 saturated carbocycles. The van der Waals surface area contributed by atoms with Crippen LogP contribution in [0.2, 0.25) is 0 Å². The van der Waals surface area contributed by atoms with Gasteiger partial charge in [0.2, 0.25) is 5.69 Å². The molecule has 0 unspecified atom stereocenters. The van der Waals surface area contributed by atoms with Gasteiger partial charge in [-0.1, -0.05) is 0 Å². The van der Waals surface area contributed by atoms with Crippen LogP contribution in [0.4, 0.5) is 0 Å². The summed E-state index contributed by atoms with van der Waals surface area (Å²) in [7, 11) is 0. The van der Waals surface area contributed by atoms with Crippen molar-refractivity contribution in [2.75, 3.05) is 19.7 Å². The van der Waals surface area contributed by atoms with Crippen LogP contribution < -0.4 is 4.74 Å². The first kappa shape index (κ1) is 11.0. The zero-order chi connectivity index (χ0) is 11.5.